The Bertz CT molecular complexity index is 775. The summed E-state index contributed by atoms with van der Waals surface area (Å²) < 4.78 is 15.1. The van der Waals surface area contributed by atoms with Gasteiger partial charge in [0.15, 0.2) is 5.78 Å². The third kappa shape index (κ3) is 2.91. The molecular formula is C18H18FNO3. The van der Waals surface area contributed by atoms with E-state index in [9.17, 15) is 14.0 Å². The van der Waals surface area contributed by atoms with Gasteiger partial charge in [0.1, 0.15) is 5.82 Å². The van der Waals surface area contributed by atoms with Gasteiger partial charge in [0, 0.05) is 29.9 Å². The molecule has 23 heavy (non-hydrogen) atoms. The molecule has 5 heteroatoms. The third-order valence-electron chi connectivity index (χ3n) is 4.44. The lowest BCUT2D eigenvalue weighted by Crippen LogP contribution is -2.15. The SMILES string of the molecule is Cc1c(CC(=O)O)c2c(n1Cc1ccc(F)cc1)CCCC2=O. The van der Waals surface area contributed by atoms with Crippen LogP contribution < -0.4 is 0 Å². The Hall–Kier alpha value is -2.43. The van der Waals surface area contributed by atoms with Gasteiger partial charge in [-0.2, -0.15) is 0 Å². The maximum Gasteiger partial charge on any atom is 0.307 e. The average Bonchev–Trinajstić information content (AvgIpc) is 2.76. The van der Waals surface area contributed by atoms with Crippen molar-refractivity contribution in [3.63, 3.8) is 0 Å². The molecule has 1 aromatic carbocycles. The van der Waals surface area contributed by atoms with Crippen LogP contribution in [0.25, 0.3) is 0 Å². The highest BCUT2D eigenvalue weighted by Gasteiger charge is 2.28. The fourth-order valence-electron chi connectivity index (χ4n) is 3.34. The quantitative estimate of drug-likeness (QED) is 0.943. The number of carbonyl (C=O) groups is 2. The van der Waals surface area contributed by atoms with Gasteiger partial charge in [0.25, 0.3) is 0 Å². The molecule has 120 valence electrons. The first-order chi connectivity index (χ1) is 11.0. The summed E-state index contributed by atoms with van der Waals surface area (Å²) >= 11 is 0. The molecule has 0 spiro atoms. The fraction of sp³-hybridized carbons (Fsp3) is 0.333. The number of carboxylic acid groups (broad SMARTS) is 1. The van der Waals surface area contributed by atoms with Crippen molar-refractivity contribution in [1.29, 1.82) is 0 Å². The maximum absolute atomic E-state index is 13.1. The third-order valence-corrected chi connectivity index (χ3v) is 4.44. The predicted molar refractivity (Wildman–Crippen MR) is 83.3 cm³/mol. The normalized spacial score (nSPS) is 13.9. The second-order valence-electron chi connectivity index (χ2n) is 5.95. The molecule has 0 saturated carbocycles. The number of nitrogens with zero attached hydrogens (tertiary/aromatic N) is 1. The minimum Gasteiger partial charge on any atom is -0.481 e. The zero-order valence-electron chi connectivity index (χ0n) is 12.9. The lowest BCUT2D eigenvalue weighted by Gasteiger charge is -2.16. The van der Waals surface area contributed by atoms with Crippen molar-refractivity contribution in [3.8, 4) is 0 Å². The Labute approximate surface area is 133 Å². The Kier molecular flexibility index (Phi) is 4.03. The molecule has 2 aromatic rings. The van der Waals surface area contributed by atoms with Crippen molar-refractivity contribution in [3.05, 3.63) is 58.2 Å². The standard InChI is InChI=1S/C18H18FNO3/c1-11-14(9-17(22)23)18-15(3-2-4-16(18)21)20(11)10-12-5-7-13(19)8-6-12/h5-8H,2-4,9-10H2,1H3,(H,22,23). The Morgan fingerprint density at radius 2 is 1.96 bits per heavy atom. The van der Waals surface area contributed by atoms with Crippen LogP contribution in [-0.2, 0) is 24.2 Å². The molecule has 0 unspecified atom stereocenters. The van der Waals surface area contributed by atoms with E-state index in [0.29, 0.717) is 24.1 Å². The minimum atomic E-state index is -0.937. The summed E-state index contributed by atoms with van der Waals surface area (Å²) in [4.78, 5) is 23.5. The van der Waals surface area contributed by atoms with E-state index in [-0.39, 0.29) is 18.0 Å². The molecule has 0 saturated heterocycles. The molecule has 3 rings (SSSR count). The van der Waals surface area contributed by atoms with Crippen molar-refractivity contribution < 1.29 is 19.1 Å². The molecule has 0 fully saturated rings. The molecule has 1 aromatic heterocycles. The highest BCUT2D eigenvalue weighted by molar-refractivity contribution is 6.01. The number of aromatic nitrogens is 1. The monoisotopic (exact) mass is 315 g/mol. The molecule has 0 radical (unpaired) electrons. The van der Waals surface area contributed by atoms with Gasteiger partial charge in [-0.3, -0.25) is 9.59 Å². The Morgan fingerprint density at radius 1 is 1.26 bits per heavy atom. The van der Waals surface area contributed by atoms with Crippen LogP contribution in [0.1, 0.15) is 45.7 Å². The van der Waals surface area contributed by atoms with Gasteiger partial charge in [0.05, 0.1) is 6.42 Å². The van der Waals surface area contributed by atoms with Gasteiger partial charge in [0.2, 0.25) is 0 Å². The topological polar surface area (TPSA) is 59.3 Å². The Morgan fingerprint density at radius 3 is 2.61 bits per heavy atom. The Balaban J connectivity index is 2.07. The lowest BCUT2D eigenvalue weighted by atomic mass is 9.92. The van der Waals surface area contributed by atoms with Crippen molar-refractivity contribution in [2.75, 3.05) is 0 Å². The molecule has 0 bridgehead atoms. The highest BCUT2D eigenvalue weighted by Crippen LogP contribution is 2.31. The lowest BCUT2D eigenvalue weighted by molar-refractivity contribution is -0.136. The summed E-state index contributed by atoms with van der Waals surface area (Å²) in [5, 5.41) is 9.15. The fourth-order valence-corrected chi connectivity index (χ4v) is 3.34. The van der Waals surface area contributed by atoms with Crippen LogP contribution in [0.2, 0.25) is 0 Å². The smallest absolute Gasteiger partial charge is 0.307 e. The summed E-state index contributed by atoms with van der Waals surface area (Å²) in [5.74, 6) is -1.20. The number of rotatable bonds is 4. The zero-order chi connectivity index (χ0) is 16.6. The number of carboxylic acids is 1. The predicted octanol–water partition coefficient (Wildman–Crippen LogP) is 3.13. The van der Waals surface area contributed by atoms with Crippen LogP contribution in [0.3, 0.4) is 0 Å². The van der Waals surface area contributed by atoms with Crippen molar-refractivity contribution in [2.24, 2.45) is 0 Å². The van der Waals surface area contributed by atoms with Crippen LogP contribution in [0.4, 0.5) is 4.39 Å². The van der Waals surface area contributed by atoms with E-state index < -0.39 is 5.97 Å². The summed E-state index contributed by atoms with van der Waals surface area (Å²) in [6.45, 7) is 2.37. The van der Waals surface area contributed by atoms with Crippen LogP contribution in [0, 0.1) is 12.7 Å². The van der Waals surface area contributed by atoms with E-state index in [1.165, 1.54) is 12.1 Å². The molecule has 0 amide bonds. The number of aliphatic carboxylic acids is 1. The van der Waals surface area contributed by atoms with E-state index in [1.807, 2.05) is 11.5 Å². The first kappa shape index (κ1) is 15.5. The number of halogens is 1. The number of hydrogen-bond acceptors (Lipinski definition) is 2. The van der Waals surface area contributed by atoms with E-state index >= 15 is 0 Å². The number of fused-ring (bicyclic) bond motifs is 1. The molecular weight excluding hydrogens is 297 g/mol. The minimum absolute atomic E-state index is 0.0310. The van der Waals surface area contributed by atoms with Gasteiger partial charge < -0.3 is 9.67 Å². The molecule has 1 N–H and O–H groups in total. The zero-order valence-corrected chi connectivity index (χ0v) is 12.9. The van der Waals surface area contributed by atoms with Gasteiger partial charge in [-0.05, 0) is 43.0 Å². The number of carbonyl (C=O) groups excluding carboxylic acids is 1. The van der Waals surface area contributed by atoms with E-state index in [1.54, 1.807) is 12.1 Å². The second kappa shape index (κ2) is 5.99. The highest BCUT2D eigenvalue weighted by atomic mass is 19.1. The molecule has 1 aliphatic rings. The first-order valence-electron chi connectivity index (χ1n) is 7.67. The number of Topliss-reactive ketones (excluding diaryl/α,β-unsaturated/α-hetero) is 1. The summed E-state index contributed by atoms with van der Waals surface area (Å²) in [7, 11) is 0. The van der Waals surface area contributed by atoms with Crippen LogP contribution in [0.15, 0.2) is 24.3 Å². The van der Waals surface area contributed by atoms with E-state index in [2.05, 4.69) is 0 Å². The maximum atomic E-state index is 13.1. The molecule has 0 aliphatic heterocycles. The molecule has 1 aliphatic carbocycles. The van der Waals surface area contributed by atoms with Gasteiger partial charge in [-0.15, -0.1) is 0 Å². The average molecular weight is 315 g/mol. The number of benzene rings is 1. The van der Waals surface area contributed by atoms with Crippen LogP contribution in [-0.4, -0.2) is 21.4 Å². The van der Waals surface area contributed by atoms with Gasteiger partial charge in [-0.25, -0.2) is 4.39 Å². The van der Waals surface area contributed by atoms with Crippen LogP contribution in [0.5, 0.6) is 0 Å². The van der Waals surface area contributed by atoms with E-state index in [0.717, 1.165) is 29.8 Å². The second-order valence-corrected chi connectivity index (χ2v) is 5.95. The van der Waals surface area contributed by atoms with Gasteiger partial charge in [-0.1, -0.05) is 12.1 Å². The summed E-state index contributed by atoms with van der Waals surface area (Å²) in [6, 6.07) is 6.24. The van der Waals surface area contributed by atoms with E-state index in [4.69, 9.17) is 5.11 Å². The van der Waals surface area contributed by atoms with Crippen molar-refractivity contribution >= 4 is 11.8 Å². The number of hydrogen-bond donors (Lipinski definition) is 1. The molecule has 1 heterocycles. The first-order valence-corrected chi connectivity index (χ1v) is 7.67. The van der Waals surface area contributed by atoms with Crippen LogP contribution >= 0.6 is 0 Å². The summed E-state index contributed by atoms with van der Waals surface area (Å²) in [5.41, 5.74) is 3.88. The summed E-state index contributed by atoms with van der Waals surface area (Å²) in [6.07, 6.45) is 1.88. The molecule has 4 nitrogen and oxygen atoms in total. The van der Waals surface area contributed by atoms with Gasteiger partial charge >= 0.3 is 5.97 Å². The van der Waals surface area contributed by atoms with Crippen molar-refractivity contribution in [2.45, 2.75) is 39.2 Å². The molecule has 0 atom stereocenters. The van der Waals surface area contributed by atoms with Crippen molar-refractivity contribution in [1.82, 2.24) is 4.57 Å². The number of ketones is 1. The largest absolute Gasteiger partial charge is 0.481 e.